The van der Waals surface area contributed by atoms with Crippen LogP contribution in [-0.2, 0) is 4.74 Å². The lowest BCUT2D eigenvalue weighted by Crippen LogP contribution is -2.07. The molecule has 0 saturated carbocycles. The van der Waals surface area contributed by atoms with E-state index in [0.717, 1.165) is 36.1 Å². The SMILES string of the molecule is Cc1ccc(C(O)C2=COCCC2)cc1Cl. The zero-order chi connectivity index (χ0) is 11.5. The van der Waals surface area contributed by atoms with Crippen molar-refractivity contribution < 1.29 is 9.84 Å². The summed E-state index contributed by atoms with van der Waals surface area (Å²) in [5, 5.41) is 10.8. The number of benzene rings is 1. The molecule has 3 heteroatoms. The van der Waals surface area contributed by atoms with Crippen molar-refractivity contribution in [3.63, 3.8) is 0 Å². The van der Waals surface area contributed by atoms with E-state index in [0.29, 0.717) is 5.02 Å². The van der Waals surface area contributed by atoms with Crippen molar-refractivity contribution in [2.45, 2.75) is 25.9 Å². The molecule has 1 N–H and O–H groups in total. The maximum absolute atomic E-state index is 10.2. The molecule has 1 atom stereocenters. The Morgan fingerprint density at radius 1 is 1.44 bits per heavy atom. The number of aryl methyl sites for hydroxylation is 1. The van der Waals surface area contributed by atoms with Crippen LogP contribution in [0.3, 0.4) is 0 Å². The van der Waals surface area contributed by atoms with Crippen LogP contribution in [0.15, 0.2) is 30.0 Å². The number of aliphatic hydroxyl groups excluding tert-OH is 1. The molecule has 1 aromatic carbocycles. The van der Waals surface area contributed by atoms with E-state index in [-0.39, 0.29) is 0 Å². The number of hydrogen-bond acceptors (Lipinski definition) is 2. The largest absolute Gasteiger partial charge is 0.501 e. The Balaban J connectivity index is 2.22. The van der Waals surface area contributed by atoms with Gasteiger partial charge in [-0.25, -0.2) is 0 Å². The number of hydrogen-bond donors (Lipinski definition) is 1. The molecule has 2 nitrogen and oxygen atoms in total. The lowest BCUT2D eigenvalue weighted by Gasteiger charge is -2.19. The van der Waals surface area contributed by atoms with Gasteiger partial charge in [-0.1, -0.05) is 23.7 Å². The summed E-state index contributed by atoms with van der Waals surface area (Å²) in [6.07, 6.45) is 2.91. The van der Waals surface area contributed by atoms with Crippen molar-refractivity contribution in [1.82, 2.24) is 0 Å². The van der Waals surface area contributed by atoms with Gasteiger partial charge in [0.15, 0.2) is 0 Å². The van der Waals surface area contributed by atoms with E-state index in [1.807, 2.05) is 25.1 Å². The summed E-state index contributed by atoms with van der Waals surface area (Å²) in [7, 11) is 0. The fourth-order valence-electron chi connectivity index (χ4n) is 1.78. The van der Waals surface area contributed by atoms with Crippen molar-refractivity contribution in [2.24, 2.45) is 0 Å². The van der Waals surface area contributed by atoms with Gasteiger partial charge in [0, 0.05) is 5.02 Å². The van der Waals surface area contributed by atoms with Crippen molar-refractivity contribution >= 4 is 11.6 Å². The van der Waals surface area contributed by atoms with Crippen molar-refractivity contribution in [3.05, 3.63) is 46.2 Å². The van der Waals surface area contributed by atoms with Gasteiger partial charge in [0.1, 0.15) is 6.10 Å². The molecule has 0 fully saturated rings. The van der Waals surface area contributed by atoms with Crippen molar-refractivity contribution in [1.29, 1.82) is 0 Å². The quantitative estimate of drug-likeness (QED) is 0.856. The minimum atomic E-state index is -0.599. The Morgan fingerprint density at radius 2 is 2.25 bits per heavy atom. The molecule has 0 bridgehead atoms. The van der Waals surface area contributed by atoms with E-state index in [4.69, 9.17) is 16.3 Å². The van der Waals surface area contributed by atoms with Crippen LogP contribution in [0, 0.1) is 6.92 Å². The molecule has 86 valence electrons. The topological polar surface area (TPSA) is 29.5 Å². The van der Waals surface area contributed by atoms with Gasteiger partial charge < -0.3 is 9.84 Å². The normalized spacial score (nSPS) is 17.6. The van der Waals surface area contributed by atoms with Crippen molar-refractivity contribution in [3.8, 4) is 0 Å². The predicted octanol–water partition coefficient (Wildman–Crippen LogP) is 3.38. The van der Waals surface area contributed by atoms with E-state index in [2.05, 4.69) is 0 Å². The Labute approximate surface area is 101 Å². The van der Waals surface area contributed by atoms with Crippen LogP contribution in [-0.4, -0.2) is 11.7 Å². The average molecular weight is 239 g/mol. The second kappa shape index (κ2) is 4.89. The molecule has 1 aromatic rings. The summed E-state index contributed by atoms with van der Waals surface area (Å²) in [5.41, 5.74) is 2.77. The van der Waals surface area contributed by atoms with Gasteiger partial charge in [-0.2, -0.15) is 0 Å². The summed E-state index contributed by atoms with van der Waals surface area (Å²) in [5.74, 6) is 0. The van der Waals surface area contributed by atoms with Crippen molar-refractivity contribution in [2.75, 3.05) is 6.61 Å². The molecular formula is C13H15ClO2. The summed E-state index contributed by atoms with van der Waals surface area (Å²) in [4.78, 5) is 0. The number of aliphatic hydroxyl groups is 1. The third-order valence-electron chi connectivity index (χ3n) is 2.83. The van der Waals surface area contributed by atoms with Crippen LogP contribution in [0.5, 0.6) is 0 Å². The Kier molecular flexibility index (Phi) is 3.52. The predicted molar refractivity (Wildman–Crippen MR) is 64.4 cm³/mol. The van der Waals surface area contributed by atoms with Crippen LogP contribution < -0.4 is 0 Å². The highest BCUT2D eigenvalue weighted by Crippen LogP contribution is 2.29. The first kappa shape index (κ1) is 11.5. The maximum Gasteiger partial charge on any atom is 0.103 e. The number of rotatable bonds is 2. The van der Waals surface area contributed by atoms with Crippen LogP contribution in [0.25, 0.3) is 0 Å². The van der Waals surface area contributed by atoms with E-state index in [9.17, 15) is 5.11 Å². The second-order valence-corrected chi connectivity index (χ2v) is 4.49. The third-order valence-corrected chi connectivity index (χ3v) is 3.23. The van der Waals surface area contributed by atoms with Gasteiger partial charge >= 0.3 is 0 Å². The van der Waals surface area contributed by atoms with Gasteiger partial charge in [0.2, 0.25) is 0 Å². The van der Waals surface area contributed by atoms with E-state index < -0.39 is 6.10 Å². The van der Waals surface area contributed by atoms with Crippen LogP contribution in [0.4, 0.5) is 0 Å². The molecule has 1 heterocycles. The molecule has 2 rings (SSSR count). The highest BCUT2D eigenvalue weighted by molar-refractivity contribution is 6.31. The first-order valence-corrected chi connectivity index (χ1v) is 5.81. The number of ether oxygens (including phenoxy) is 1. The molecule has 0 radical (unpaired) electrons. The lowest BCUT2D eigenvalue weighted by molar-refractivity contribution is 0.170. The van der Waals surface area contributed by atoms with Gasteiger partial charge in [-0.3, -0.25) is 0 Å². The molecule has 0 amide bonds. The minimum absolute atomic E-state index is 0.599. The Hall–Kier alpha value is -0.990. The zero-order valence-electron chi connectivity index (χ0n) is 9.24. The van der Waals surface area contributed by atoms with Crippen LogP contribution in [0.2, 0.25) is 5.02 Å². The fourth-order valence-corrected chi connectivity index (χ4v) is 1.97. The average Bonchev–Trinajstić information content (AvgIpc) is 2.33. The monoisotopic (exact) mass is 238 g/mol. The van der Waals surface area contributed by atoms with Gasteiger partial charge in [-0.15, -0.1) is 0 Å². The molecule has 0 saturated heterocycles. The maximum atomic E-state index is 10.2. The van der Waals surface area contributed by atoms with Crippen LogP contribution >= 0.6 is 11.6 Å². The van der Waals surface area contributed by atoms with Gasteiger partial charge in [0.05, 0.1) is 12.9 Å². The molecule has 1 aliphatic rings. The van der Waals surface area contributed by atoms with Gasteiger partial charge in [-0.05, 0) is 42.5 Å². The second-order valence-electron chi connectivity index (χ2n) is 4.08. The summed E-state index contributed by atoms with van der Waals surface area (Å²) in [6, 6.07) is 5.64. The summed E-state index contributed by atoms with van der Waals surface area (Å²) in [6.45, 7) is 2.69. The van der Waals surface area contributed by atoms with Crippen LogP contribution in [0.1, 0.15) is 30.1 Å². The van der Waals surface area contributed by atoms with E-state index in [1.54, 1.807) is 6.26 Å². The first-order valence-electron chi connectivity index (χ1n) is 5.43. The fraction of sp³-hybridized carbons (Fsp3) is 0.385. The summed E-state index contributed by atoms with van der Waals surface area (Å²) < 4.78 is 5.22. The smallest absolute Gasteiger partial charge is 0.103 e. The lowest BCUT2D eigenvalue weighted by atomic mass is 9.97. The molecule has 1 unspecified atom stereocenters. The highest BCUT2D eigenvalue weighted by Gasteiger charge is 2.16. The number of halogens is 1. The third kappa shape index (κ3) is 2.39. The summed E-state index contributed by atoms with van der Waals surface area (Å²) >= 11 is 6.04. The Bertz CT molecular complexity index is 412. The molecule has 1 aliphatic heterocycles. The standard InChI is InChI=1S/C13H15ClO2/c1-9-4-5-10(7-12(9)14)13(15)11-3-2-6-16-8-11/h4-5,7-8,13,15H,2-3,6H2,1H3. The molecule has 0 aromatic heterocycles. The highest BCUT2D eigenvalue weighted by atomic mass is 35.5. The van der Waals surface area contributed by atoms with Gasteiger partial charge in [0.25, 0.3) is 0 Å². The zero-order valence-corrected chi connectivity index (χ0v) is 10.00. The Morgan fingerprint density at radius 3 is 2.88 bits per heavy atom. The molecule has 16 heavy (non-hydrogen) atoms. The first-order chi connectivity index (χ1) is 7.68. The minimum Gasteiger partial charge on any atom is -0.501 e. The van der Waals surface area contributed by atoms with E-state index >= 15 is 0 Å². The van der Waals surface area contributed by atoms with E-state index in [1.165, 1.54) is 0 Å². The molecule has 0 spiro atoms. The molecule has 0 aliphatic carbocycles. The molecular weight excluding hydrogens is 224 g/mol.